The van der Waals surface area contributed by atoms with Gasteiger partial charge in [0.25, 0.3) is 5.56 Å². The summed E-state index contributed by atoms with van der Waals surface area (Å²) in [5, 5.41) is 0.587. The average Bonchev–Trinajstić information content (AvgIpc) is 3.01. The minimum absolute atomic E-state index is 0.0261. The number of aromatic nitrogens is 2. The van der Waals surface area contributed by atoms with Crippen LogP contribution >= 0.6 is 11.8 Å². The number of amides is 1. The second kappa shape index (κ2) is 6.86. The number of piperidine rings is 1. The molecule has 1 aliphatic carbocycles. The summed E-state index contributed by atoms with van der Waals surface area (Å²) in [6, 6.07) is 0.383. The van der Waals surface area contributed by atoms with Crippen LogP contribution in [0.5, 0.6) is 0 Å². The molecule has 0 bridgehead atoms. The molecule has 6 heteroatoms. The van der Waals surface area contributed by atoms with Gasteiger partial charge in [-0.1, -0.05) is 18.7 Å². The molecule has 1 amide bonds. The van der Waals surface area contributed by atoms with Crippen molar-refractivity contribution in [3.05, 3.63) is 21.6 Å². The van der Waals surface area contributed by atoms with Crippen molar-refractivity contribution in [2.45, 2.75) is 63.1 Å². The van der Waals surface area contributed by atoms with Gasteiger partial charge in [-0.05, 0) is 44.9 Å². The zero-order valence-electron chi connectivity index (χ0n) is 13.1. The normalized spacial score (nSPS) is 21.0. The van der Waals surface area contributed by atoms with Crippen LogP contribution in [-0.2, 0) is 17.6 Å². The smallest absolute Gasteiger partial charge is 0.254 e. The molecule has 5 nitrogen and oxygen atoms in total. The first-order chi connectivity index (χ1) is 10.7. The maximum absolute atomic E-state index is 12.4. The van der Waals surface area contributed by atoms with E-state index >= 15 is 0 Å². The van der Waals surface area contributed by atoms with Crippen molar-refractivity contribution in [2.75, 3.05) is 12.3 Å². The van der Waals surface area contributed by atoms with Crippen molar-refractivity contribution in [1.82, 2.24) is 14.9 Å². The Balaban J connectivity index is 1.64. The molecule has 1 atom stereocenters. The molecule has 1 saturated heterocycles. The van der Waals surface area contributed by atoms with Gasteiger partial charge in [0.2, 0.25) is 5.91 Å². The van der Waals surface area contributed by atoms with E-state index in [1.807, 2.05) is 4.90 Å². The Hall–Kier alpha value is -1.30. The third kappa shape index (κ3) is 3.21. The molecule has 2 aliphatic rings. The highest BCUT2D eigenvalue weighted by molar-refractivity contribution is 7.99. The SMILES string of the molecule is CC[C@@H]1CCCCN1C(=O)CSc1nc2c(c(=O)[nH]1)CCC2. The van der Waals surface area contributed by atoms with Crippen LogP contribution in [0.1, 0.15) is 50.3 Å². The van der Waals surface area contributed by atoms with Gasteiger partial charge in [-0.15, -0.1) is 0 Å². The molecule has 0 aromatic carbocycles. The van der Waals surface area contributed by atoms with Crippen LogP contribution in [0.3, 0.4) is 0 Å². The summed E-state index contributed by atoms with van der Waals surface area (Å²) < 4.78 is 0. The predicted molar refractivity (Wildman–Crippen MR) is 87.2 cm³/mol. The molecular formula is C16H23N3O2S. The molecule has 1 aromatic rings. The zero-order valence-corrected chi connectivity index (χ0v) is 13.9. The number of carbonyl (C=O) groups excluding carboxylic acids is 1. The quantitative estimate of drug-likeness (QED) is 0.681. The fraction of sp³-hybridized carbons (Fsp3) is 0.688. The average molecular weight is 321 g/mol. The van der Waals surface area contributed by atoms with E-state index in [0.29, 0.717) is 17.0 Å². The number of fused-ring (bicyclic) bond motifs is 1. The summed E-state index contributed by atoms with van der Waals surface area (Å²) in [7, 11) is 0. The van der Waals surface area contributed by atoms with E-state index in [2.05, 4.69) is 16.9 Å². The third-order valence-electron chi connectivity index (χ3n) is 4.67. The topological polar surface area (TPSA) is 66.1 Å². The molecule has 0 spiro atoms. The molecule has 1 aromatic heterocycles. The van der Waals surface area contributed by atoms with Gasteiger partial charge in [0, 0.05) is 18.2 Å². The van der Waals surface area contributed by atoms with E-state index in [1.165, 1.54) is 18.2 Å². The third-order valence-corrected chi connectivity index (χ3v) is 5.53. The Morgan fingerprint density at radius 1 is 1.36 bits per heavy atom. The summed E-state index contributed by atoms with van der Waals surface area (Å²) >= 11 is 1.36. The molecule has 1 aliphatic heterocycles. The van der Waals surface area contributed by atoms with E-state index in [9.17, 15) is 9.59 Å². The lowest BCUT2D eigenvalue weighted by atomic mass is 10.0. The second-order valence-corrected chi connectivity index (χ2v) is 7.05. The van der Waals surface area contributed by atoms with Gasteiger partial charge in [-0.3, -0.25) is 9.59 Å². The van der Waals surface area contributed by atoms with Crippen LogP contribution in [0.25, 0.3) is 0 Å². The molecule has 2 heterocycles. The van der Waals surface area contributed by atoms with E-state index in [-0.39, 0.29) is 11.5 Å². The highest BCUT2D eigenvalue weighted by Gasteiger charge is 2.25. The second-order valence-electron chi connectivity index (χ2n) is 6.08. The first-order valence-corrected chi connectivity index (χ1v) is 9.22. The number of carbonyl (C=O) groups is 1. The lowest BCUT2D eigenvalue weighted by Crippen LogP contribution is -2.44. The first-order valence-electron chi connectivity index (χ1n) is 8.23. The van der Waals surface area contributed by atoms with Gasteiger partial charge in [0.1, 0.15) is 0 Å². The molecule has 22 heavy (non-hydrogen) atoms. The molecule has 0 saturated carbocycles. The monoisotopic (exact) mass is 321 g/mol. The lowest BCUT2D eigenvalue weighted by Gasteiger charge is -2.35. The van der Waals surface area contributed by atoms with Crippen LogP contribution in [0.2, 0.25) is 0 Å². The highest BCUT2D eigenvalue weighted by atomic mass is 32.2. The van der Waals surface area contributed by atoms with E-state index in [1.54, 1.807) is 0 Å². The number of H-pyrrole nitrogens is 1. The summed E-state index contributed by atoms with van der Waals surface area (Å²) in [4.78, 5) is 33.8. The van der Waals surface area contributed by atoms with Gasteiger partial charge in [-0.2, -0.15) is 0 Å². The minimum Gasteiger partial charge on any atom is -0.339 e. The molecular weight excluding hydrogens is 298 g/mol. The highest BCUT2D eigenvalue weighted by Crippen LogP contribution is 2.23. The van der Waals surface area contributed by atoms with Gasteiger partial charge in [0.15, 0.2) is 5.16 Å². The Morgan fingerprint density at radius 3 is 3.05 bits per heavy atom. The van der Waals surface area contributed by atoms with Gasteiger partial charge in [-0.25, -0.2) is 4.98 Å². The van der Waals surface area contributed by atoms with Crippen LogP contribution in [0.15, 0.2) is 9.95 Å². The fourth-order valence-corrected chi connectivity index (χ4v) is 4.22. The number of nitrogens with zero attached hydrogens (tertiary/aromatic N) is 2. The Bertz CT molecular complexity index is 614. The first kappa shape index (κ1) is 15.6. The van der Waals surface area contributed by atoms with Crippen molar-refractivity contribution in [3.8, 4) is 0 Å². The molecule has 0 radical (unpaired) electrons. The standard InChI is InChI=1S/C16H23N3O2S/c1-2-11-6-3-4-9-19(11)14(20)10-22-16-17-13-8-5-7-12(13)15(21)18-16/h11H,2-10H2,1H3,(H,17,18,21)/t11-/m1/s1. The maximum atomic E-state index is 12.4. The number of likely N-dealkylation sites (tertiary alicyclic amines) is 1. The summed E-state index contributed by atoms with van der Waals surface area (Å²) in [5.41, 5.74) is 1.72. The van der Waals surface area contributed by atoms with Crippen molar-refractivity contribution >= 4 is 17.7 Å². The van der Waals surface area contributed by atoms with E-state index < -0.39 is 0 Å². The summed E-state index contributed by atoms with van der Waals surface area (Å²) in [5.74, 6) is 0.526. The van der Waals surface area contributed by atoms with Crippen molar-refractivity contribution in [2.24, 2.45) is 0 Å². The maximum Gasteiger partial charge on any atom is 0.254 e. The van der Waals surface area contributed by atoms with Crippen molar-refractivity contribution in [3.63, 3.8) is 0 Å². The van der Waals surface area contributed by atoms with Gasteiger partial charge in [0.05, 0.1) is 11.4 Å². The fourth-order valence-electron chi connectivity index (χ4n) is 3.45. The number of aryl methyl sites for hydroxylation is 1. The van der Waals surface area contributed by atoms with Gasteiger partial charge < -0.3 is 9.88 Å². The van der Waals surface area contributed by atoms with Crippen LogP contribution < -0.4 is 5.56 Å². The Kier molecular flexibility index (Phi) is 4.86. The van der Waals surface area contributed by atoms with E-state index in [0.717, 1.165) is 56.3 Å². The van der Waals surface area contributed by atoms with Crippen LogP contribution in [0.4, 0.5) is 0 Å². The number of nitrogens with one attached hydrogen (secondary N) is 1. The number of hydrogen-bond donors (Lipinski definition) is 1. The largest absolute Gasteiger partial charge is 0.339 e. The lowest BCUT2D eigenvalue weighted by molar-refractivity contribution is -0.132. The van der Waals surface area contributed by atoms with Crippen molar-refractivity contribution < 1.29 is 4.79 Å². The van der Waals surface area contributed by atoms with Crippen molar-refractivity contribution in [1.29, 1.82) is 0 Å². The number of thioether (sulfide) groups is 1. The Morgan fingerprint density at radius 2 is 2.23 bits per heavy atom. The number of hydrogen-bond acceptors (Lipinski definition) is 4. The molecule has 0 unspecified atom stereocenters. The summed E-state index contributed by atoms with van der Waals surface area (Å²) in [6.07, 6.45) is 7.16. The number of rotatable bonds is 4. The predicted octanol–water partition coefficient (Wildman–Crippen LogP) is 2.14. The molecule has 120 valence electrons. The molecule has 1 N–H and O–H groups in total. The zero-order chi connectivity index (χ0) is 15.5. The number of aromatic amines is 1. The Labute approximate surface area is 134 Å². The van der Waals surface area contributed by atoms with Crippen LogP contribution in [-0.4, -0.2) is 39.1 Å². The van der Waals surface area contributed by atoms with Gasteiger partial charge >= 0.3 is 0 Å². The molecule has 3 rings (SSSR count). The summed E-state index contributed by atoms with van der Waals surface area (Å²) in [6.45, 7) is 3.01. The van der Waals surface area contributed by atoms with E-state index in [4.69, 9.17) is 0 Å². The molecule has 1 fully saturated rings. The minimum atomic E-state index is -0.0261. The van der Waals surface area contributed by atoms with Crippen LogP contribution in [0, 0.1) is 0 Å².